The predicted molar refractivity (Wildman–Crippen MR) is 106 cm³/mol. The number of carbonyl (C=O) groups excluding carboxylic acids is 3. The highest BCUT2D eigenvalue weighted by atomic mass is 32.2. The Hall–Kier alpha value is -3.26. The Balaban J connectivity index is 1.48. The van der Waals surface area contributed by atoms with Crippen molar-refractivity contribution in [3.8, 4) is 0 Å². The van der Waals surface area contributed by atoms with Gasteiger partial charge in [-0.2, -0.15) is 0 Å². The van der Waals surface area contributed by atoms with Crippen molar-refractivity contribution in [2.45, 2.75) is 11.9 Å². The Morgan fingerprint density at radius 2 is 1.75 bits per heavy atom. The molecular formula is C20H17N3O4S. The van der Waals surface area contributed by atoms with E-state index in [9.17, 15) is 14.4 Å². The third-order valence-corrected chi connectivity index (χ3v) is 4.58. The van der Waals surface area contributed by atoms with Crippen LogP contribution in [0, 0.1) is 0 Å². The molecule has 28 heavy (non-hydrogen) atoms. The highest BCUT2D eigenvalue weighted by molar-refractivity contribution is 7.99. The number of anilines is 1. The lowest BCUT2D eigenvalue weighted by Gasteiger charge is -2.09. The number of rotatable bonds is 7. The van der Waals surface area contributed by atoms with Crippen LogP contribution in [0.5, 0.6) is 0 Å². The van der Waals surface area contributed by atoms with Gasteiger partial charge in [-0.3, -0.25) is 19.4 Å². The third kappa shape index (κ3) is 5.14. The number of carbonyl (C=O) groups is 3. The average molecular weight is 395 g/mol. The number of amides is 1. The highest BCUT2D eigenvalue weighted by Gasteiger charge is 2.12. The van der Waals surface area contributed by atoms with Crippen LogP contribution < -0.4 is 5.32 Å². The molecule has 0 spiro atoms. The van der Waals surface area contributed by atoms with E-state index in [0.717, 1.165) is 11.0 Å². The topological polar surface area (TPSA) is 98.2 Å². The molecule has 1 N–H and O–H groups in total. The predicted octanol–water partition coefficient (Wildman–Crippen LogP) is 3.11. The quantitative estimate of drug-likeness (QED) is 0.373. The summed E-state index contributed by atoms with van der Waals surface area (Å²) in [5, 5.41) is 3.17. The Morgan fingerprint density at radius 3 is 2.54 bits per heavy atom. The summed E-state index contributed by atoms with van der Waals surface area (Å²) in [6, 6.07) is 14.1. The minimum atomic E-state index is -0.546. The molecule has 1 amide bonds. The molecular weight excluding hydrogens is 378 g/mol. The fourth-order valence-corrected chi connectivity index (χ4v) is 3.05. The lowest BCUT2D eigenvalue weighted by atomic mass is 10.1. The fourth-order valence-electron chi connectivity index (χ4n) is 2.42. The minimum absolute atomic E-state index is 0.00430. The molecule has 7 nitrogen and oxygen atoms in total. The molecule has 142 valence electrons. The third-order valence-electron chi connectivity index (χ3n) is 3.71. The molecule has 0 fully saturated rings. The van der Waals surface area contributed by atoms with E-state index in [2.05, 4.69) is 15.3 Å². The lowest BCUT2D eigenvalue weighted by molar-refractivity contribution is -0.144. The highest BCUT2D eigenvalue weighted by Crippen LogP contribution is 2.18. The van der Waals surface area contributed by atoms with E-state index in [0.29, 0.717) is 16.3 Å². The number of esters is 1. The monoisotopic (exact) mass is 395 g/mol. The number of hydrogen-bond acceptors (Lipinski definition) is 7. The number of Topliss-reactive ketones (excluding diaryl/α,β-unsaturated/α-hetero) is 1. The van der Waals surface area contributed by atoms with Gasteiger partial charge in [-0.1, -0.05) is 36.0 Å². The fraction of sp³-hybridized carbons (Fsp3) is 0.150. The van der Waals surface area contributed by atoms with E-state index in [-0.39, 0.29) is 11.5 Å². The second kappa shape index (κ2) is 9.09. The van der Waals surface area contributed by atoms with Crippen LogP contribution in [0.4, 0.5) is 5.69 Å². The van der Waals surface area contributed by atoms with Crippen molar-refractivity contribution in [1.29, 1.82) is 0 Å². The van der Waals surface area contributed by atoms with Crippen LogP contribution in [-0.2, 0) is 14.3 Å². The van der Waals surface area contributed by atoms with Crippen LogP contribution in [0.3, 0.4) is 0 Å². The summed E-state index contributed by atoms with van der Waals surface area (Å²) in [5.41, 5.74) is 2.30. The standard InChI is InChI=1S/C20H17N3O4S/c1-13(24)14-6-2-3-7-15(14)22-18(25)11-27-20(26)12-28-19-10-21-16-8-4-5-9-17(16)23-19/h2-10H,11-12H2,1H3,(H,22,25). The van der Waals surface area contributed by atoms with Crippen molar-refractivity contribution in [2.75, 3.05) is 17.7 Å². The normalized spacial score (nSPS) is 10.5. The molecule has 0 unspecified atom stereocenters. The molecule has 3 aromatic rings. The number of ether oxygens (including phenoxy) is 1. The Morgan fingerprint density at radius 1 is 1.04 bits per heavy atom. The van der Waals surface area contributed by atoms with Gasteiger partial charge in [0.15, 0.2) is 12.4 Å². The van der Waals surface area contributed by atoms with Crippen LogP contribution in [0.15, 0.2) is 59.8 Å². The number of aromatic nitrogens is 2. The maximum Gasteiger partial charge on any atom is 0.316 e. The van der Waals surface area contributed by atoms with Crippen LogP contribution in [0.25, 0.3) is 11.0 Å². The van der Waals surface area contributed by atoms with Crippen molar-refractivity contribution < 1.29 is 19.1 Å². The molecule has 0 bridgehead atoms. The van der Waals surface area contributed by atoms with Crippen molar-refractivity contribution in [3.63, 3.8) is 0 Å². The second-order valence-electron chi connectivity index (χ2n) is 5.80. The SMILES string of the molecule is CC(=O)c1ccccc1NC(=O)COC(=O)CSc1cnc2ccccc2n1. The minimum Gasteiger partial charge on any atom is -0.455 e. The van der Waals surface area contributed by atoms with Gasteiger partial charge < -0.3 is 10.1 Å². The van der Waals surface area contributed by atoms with Gasteiger partial charge in [-0.15, -0.1) is 0 Å². The van der Waals surface area contributed by atoms with Crippen molar-refractivity contribution in [2.24, 2.45) is 0 Å². The zero-order valence-electron chi connectivity index (χ0n) is 15.0. The second-order valence-corrected chi connectivity index (χ2v) is 6.79. The van der Waals surface area contributed by atoms with E-state index < -0.39 is 18.5 Å². The molecule has 0 atom stereocenters. The zero-order chi connectivity index (χ0) is 19.9. The van der Waals surface area contributed by atoms with Gasteiger partial charge in [0, 0.05) is 5.56 Å². The summed E-state index contributed by atoms with van der Waals surface area (Å²) >= 11 is 1.18. The van der Waals surface area contributed by atoms with Crippen molar-refractivity contribution in [1.82, 2.24) is 9.97 Å². The first kappa shape index (κ1) is 19.5. The smallest absolute Gasteiger partial charge is 0.316 e. The van der Waals surface area contributed by atoms with Crippen LogP contribution in [0.1, 0.15) is 17.3 Å². The Labute approximate surface area is 165 Å². The maximum atomic E-state index is 12.0. The van der Waals surface area contributed by atoms with Gasteiger partial charge in [0.25, 0.3) is 5.91 Å². The van der Waals surface area contributed by atoms with Gasteiger partial charge in [-0.25, -0.2) is 4.98 Å². The largest absolute Gasteiger partial charge is 0.455 e. The van der Waals surface area contributed by atoms with Crippen LogP contribution in [-0.4, -0.2) is 40.0 Å². The van der Waals surface area contributed by atoms with Gasteiger partial charge in [0.2, 0.25) is 0 Å². The van der Waals surface area contributed by atoms with E-state index in [1.54, 1.807) is 30.5 Å². The van der Waals surface area contributed by atoms with Crippen LogP contribution >= 0.6 is 11.8 Å². The molecule has 1 heterocycles. The number of nitrogens with zero attached hydrogens (tertiary/aromatic N) is 2. The number of hydrogen-bond donors (Lipinski definition) is 1. The van der Waals surface area contributed by atoms with E-state index in [1.807, 2.05) is 24.3 Å². The molecule has 0 aliphatic rings. The Kier molecular flexibility index (Phi) is 6.33. The molecule has 3 rings (SSSR count). The molecule has 8 heteroatoms. The number of fused-ring (bicyclic) bond motifs is 1. The van der Waals surface area contributed by atoms with E-state index in [1.165, 1.54) is 18.7 Å². The van der Waals surface area contributed by atoms with Crippen molar-refractivity contribution in [3.05, 3.63) is 60.3 Å². The summed E-state index contributed by atoms with van der Waals surface area (Å²) in [5.74, 6) is -1.22. The first-order valence-corrected chi connectivity index (χ1v) is 9.41. The first-order valence-electron chi connectivity index (χ1n) is 8.43. The maximum absolute atomic E-state index is 12.0. The van der Waals surface area contributed by atoms with Gasteiger partial charge in [0.05, 0.1) is 28.7 Å². The van der Waals surface area contributed by atoms with Crippen molar-refractivity contribution >= 4 is 46.1 Å². The molecule has 0 aliphatic carbocycles. The number of para-hydroxylation sites is 3. The number of nitrogens with one attached hydrogen (secondary N) is 1. The van der Waals surface area contributed by atoms with E-state index >= 15 is 0 Å². The lowest BCUT2D eigenvalue weighted by Crippen LogP contribution is -2.22. The number of benzene rings is 2. The summed E-state index contributed by atoms with van der Waals surface area (Å²) < 4.78 is 4.98. The molecule has 0 radical (unpaired) electrons. The number of thioether (sulfide) groups is 1. The summed E-state index contributed by atoms with van der Waals surface area (Å²) in [6.45, 7) is 0.979. The first-order chi connectivity index (χ1) is 13.5. The van der Waals surface area contributed by atoms with Gasteiger partial charge in [0.1, 0.15) is 5.03 Å². The van der Waals surface area contributed by atoms with E-state index in [4.69, 9.17) is 4.74 Å². The average Bonchev–Trinajstić information content (AvgIpc) is 2.70. The Bertz CT molecular complexity index is 1040. The van der Waals surface area contributed by atoms with Gasteiger partial charge in [-0.05, 0) is 31.2 Å². The molecule has 0 saturated heterocycles. The van der Waals surface area contributed by atoms with Crippen LogP contribution in [0.2, 0.25) is 0 Å². The molecule has 1 aromatic heterocycles. The molecule has 0 saturated carbocycles. The summed E-state index contributed by atoms with van der Waals surface area (Å²) in [7, 11) is 0. The van der Waals surface area contributed by atoms with Gasteiger partial charge >= 0.3 is 5.97 Å². The zero-order valence-corrected chi connectivity index (χ0v) is 15.9. The molecule has 2 aromatic carbocycles. The molecule has 0 aliphatic heterocycles. The summed E-state index contributed by atoms with van der Waals surface area (Å²) in [4.78, 5) is 44.1. The number of ketones is 1. The summed E-state index contributed by atoms with van der Waals surface area (Å²) in [6.07, 6.45) is 1.59.